The van der Waals surface area contributed by atoms with Gasteiger partial charge in [-0.1, -0.05) is 0 Å². The number of hydrogen-bond acceptors (Lipinski definition) is 5. The van der Waals surface area contributed by atoms with Gasteiger partial charge in [-0.3, -0.25) is 4.79 Å². The highest BCUT2D eigenvalue weighted by Crippen LogP contribution is 2.41. The molecule has 1 aliphatic rings. The summed E-state index contributed by atoms with van der Waals surface area (Å²) in [5.41, 5.74) is 1.05. The van der Waals surface area contributed by atoms with Crippen molar-refractivity contribution in [2.24, 2.45) is 0 Å². The number of ether oxygens (including phenoxy) is 3. The summed E-state index contributed by atoms with van der Waals surface area (Å²) in [6.07, 6.45) is 0.822. The van der Waals surface area contributed by atoms with Gasteiger partial charge >= 0.3 is 5.97 Å². The first-order valence-corrected chi connectivity index (χ1v) is 6.47. The Bertz CT molecular complexity index is 489. The average Bonchev–Trinajstić information content (AvgIpc) is 2.85. The highest BCUT2D eigenvalue weighted by atomic mass is 16.7. The van der Waals surface area contributed by atoms with Crippen LogP contribution < -0.4 is 14.2 Å². The Morgan fingerprint density at radius 2 is 2.25 bits per heavy atom. The lowest BCUT2D eigenvalue weighted by atomic mass is 10.1. The SMILES string of the molecule is COc1cc(CN(C)CCCC(=O)O)cc2c1OCO2. The number of hydrogen-bond donors (Lipinski definition) is 1. The fraction of sp³-hybridized carbons (Fsp3) is 0.500. The summed E-state index contributed by atoms with van der Waals surface area (Å²) >= 11 is 0. The molecule has 0 bridgehead atoms. The summed E-state index contributed by atoms with van der Waals surface area (Å²) in [5.74, 6) is 1.24. The lowest BCUT2D eigenvalue weighted by molar-refractivity contribution is -0.137. The number of carboxylic acids is 1. The molecule has 0 atom stereocenters. The summed E-state index contributed by atoms with van der Waals surface area (Å²) in [6, 6.07) is 3.85. The summed E-state index contributed by atoms with van der Waals surface area (Å²) in [6.45, 7) is 1.64. The van der Waals surface area contributed by atoms with E-state index in [4.69, 9.17) is 19.3 Å². The topological polar surface area (TPSA) is 68.2 Å². The molecule has 0 saturated heterocycles. The molecular formula is C14H19NO5. The van der Waals surface area contributed by atoms with Crippen molar-refractivity contribution in [3.8, 4) is 17.2 Å². The van der Waals surface area contributed by atoms with Crippen molar-refractivity contribution in [2.75, 3.05) is 27.5 Å². The molecule has 1 aliphatic heterocycles. The van der Waals surface area contributed by atoms with Crippen molar-refractivity contribution in [3.63, 3.8) is 0 Å². The molecule has 1 N–H and O–H groups in total. The molecule has 0 spiro atoms. The molecule has 0 amide bonds. The lowest BCUT2D eigenvalue weighted by Gasteiger charge is -2.17. The van der Waals surface area contributed by atoms with Gasteiger partial charge in [-0.25, -0.2) is 0 Å². The highest BCUT2D eigenvalue weighted by Gasteiger charge is 2.20. The van der Waals surface area contributed by atoms with E-state index in [1.54, 1.807) is 7.11 Å². The third-order valence-electron chi connectivity index (χ3n) is 3.10. The second-order valence-corrected chi connectivity index (χ2v) is 4.77. The predicted octanol–water partition coefficient (Wildman–Crippen LogP) is 1.72. The minimum absolute atomic E-state index is 0.189. The van der Waals surface area contributed by atoms with Crippen molar-refractivity contribution in [3.05, 3.63) is 17.7 Å². The zero-order valence-corrected chi connectivity index (χ0v) is 11.7. The Morgan fingerprint density at radius 1 is 1.45 bits per heavy atom. The standard InChI is InChI=1S/C14H19NO5/c1-15(5-3-4-13(16)17)8-10-6-11(18-2)14-12(7-10)19-9-20-14/h6-7H,3-5,8-9H2,1-2H3,(H,16,17). The predicted molar refractivity (Wildman–Crippen MR) is 72.3 cm³/mol. The van der Waals surface area contributed by atoms with Crippen molar-refractivity contribution in [1.82, 2.24) is 4.90 Å². The van der Waals surface area contributed by atoms with Crippen molar-refractivity contribution >= 4 is 5.97 Å². The van der Waals surface area contributed by atoms with Crippen LogP contribution in [-0.2, 0) is 11.3 Å². The second kappa shape index (κ2) is 6.47. The van der Waals surface area contributed by atoms with Gasteiger partial charge in [-0.05, 0) is 37.7 Å². The van der Waals surface area contributed by atoms with Crippen LogP contribution in [0.2, 0.25) is 0 Å². The van der Waals surface area contributed by atoms with Crippen LogP contribution in [0.25, 0.3) is 0 Å². The Hall–Kier alpha value is -1.95. The molecule has 1 aromatic rings. The van der Waals surface area contributed by atoms with Gasteiger partial charge in [0.25, 0.3) is 0 Å². The van der Waals surface area contributed by atoms with Crippen LogP contribution in [0.15, 0.2) is 12.1 Å². The minimum Gasteiger partial charge on any atom is -0.493 e. The van der Waals surface area contributed by atoms with Crippen LogP contribution in [-0.4, -0.2) is 43.5 Å². The number of rotatable bonds is 7. The quantitative estimate of drug-likeness (QED) is 0.820. The van der Waals surface area contributed by atoms with Gasteiger partial charge in [-0.2, -0.15) is 0 Å². The van der Waals surface area contributed by atoms with E-state index in [9.17, 15) is 4.79 Å². The summed E-state index contributed by atoms with van der Waals surface area (Å²) in [4.78, 5) is 12.6. The zero-order valence-electron chi connectivity index (χ0n) is 11.7. The van der Waals surface area contributed by atoms with Gasteiger partial charge in [0, 0.05) is 13.0 Å². The largest absolute Gasteiger partial charge is 0.493 e. The molecule has 0 unspecified atom stereocenters. The number of aliphatic carboxylic acids is 1. The van der Waals surface area contributed by atoms with E-state index >= 15 is 0 Å². The van der Waals surface area contributed by atoms with Gasteiger partial charge < -0.3 is 24.2 Å². The molecule has 20 heavy (non-hydrogen) atoms. The number of benzene rings is 1. The summed E-state index contributed by atoms with van der Waals surface area (Å²) < 4.78 is 16.0. The molecule has 6 nitrogen and oxygen atoms in total. The molecule has 0 aliphatic carbocycles. The summed E-state index contributed by atoms with van der Waals surface area (Å²) in [5, 5.41) is 8.62. The Balaban J connectivity index is 1.97. The third-order valence-corrected chi connectivity index (χ3v) is 3.10. The van der Waals surface area contributed by atoms with Crippen LogP contribution in [0.3, 0.4) is 0 Å². The summed E-state index contributed by atoms with van der Waals surface area (Å²) in [7, 11) is 3.55. The number of methoxy groups -OCH3 is 1. The van der Waals surface area contributed by atoms with Gasteiger partial charge in [0.1, 0.15) is 0 Å². The minimum atomic E-state index is -0.761. The molecule has 1 aromatic carbocycles. The number of fused-ring (bicyclic) bond motifs is 1. The van der Waals surface area contributed by atoms with Crippen molar-refractivity contribution in [1.29, 1.82) is 0 Å². The van der Waals surface area contributed by atoms with E-state index in [0.717, 1.165) is 12.1 Å². The average molecular weight is 281 g/mol. The van der Waals surface area contributed by atoms with E-state index < -0.39 is 5.97 Å². The zero-order chi connectivity index (χ0) is 14.5. The van der Waals surface area contributed by atoms with Crippen LogP contribution in [0.5, 0.6) is 17.2 Å². The molecule has 0 saturated carbocycles. The van der Waals surface area contributed by atoms with E-state index in [1.807, 2.05) is 19.2 Å². The highest BCUT2D eigenvalue weighted by molar-refractivity contribution is 5.66. The van der Waals surface area contributed by atoms with Gasteiger partial charge in [0.2, 0.25) is 12.5 Å². The van der Waals surface area contributed by atoms with Gasteiger partial charge in [-0.15, -0.1) is 0 Å². The first-order chi connectivity index (χ1) is 9.60. The molecule has 6 heteroatoms. The van der Waals surface area contributed by atoms with Crippen molar-refractivity contribution < 1.29 is 24.1 Å². The monoisotopic (exact) mass is 281 g/mol. The maximum atomic E-state index is 10.5. The molecule has 2 rings (SSSR count). The molecular weight excluding hydrogens is 262 g/mol. The van der Waals surface area contributed by atoms with Crippen LogP contribution in [0.1, 0.15) is 18.4 Å². The van der Waals surface area contributed by atoms with Crippen LogP contribution >= 0.6 is 0 Å². The Morgan fingerprint density at radius 3 is 2.95 bits per heavy atom. The molecule has 0 radical (unpaired) electrons. The number of nitrogens with zero attached hydrogens (tertiary/aromatic N) is 1. The maximum Gasteiger partial charge on any atom is 0.303 e. The van der Waals surface area contributed by atoms with Gasteiger partial charge in [0.15, 0.2) is 11.5 Å². The maximum absolute atomic E-state index is 10.5. The van der Waals surface area contributed by atoms with E-state index in [0.29, 0.717) is 30.2 Å². The number of carbonyl (C=O) groups is 1. The first kappa shape index (κ1) is 14.5. The van der Waals surface area contributed by atoms with Crippen molar-refractivity contribution in [2.45, 2.75) is 19.4 Å². The Labute approximate surface area is 117 Å². The number of carboxylic acid groups (broad SMARTS) is 1. The molecule has 110 valence electrons. The second-order valence-electron chi connectivity index (χ2n) is 4.77. The van der Waals surface area contributed by atoms with E-state index in [1.165, 1.54) is 0 Å². The third kappa shape index (κ3) is 3.54. The van der Waals surface area contributed by atoms with Crippen LogP contribution in [0.4, 0.5) is 0 Å². The van der Waals surface area contributed by atoms with Gasteiger partial charge in [0.05, 0.1) is 7.11 Å². The molecule has 0 fully saturated rings. The fourth-order valence-corrected chi connectivity index (χ4v) is 2.17. The molecule has 1 heterocycles. The normalized spacial score (nSPS) is 12.8. The smallest absolute Gasteiger partial charge is 0.303 e. The fourth-order valence-electron chi connectivity index (χ4n) is 2.17. The Kier molecular flexibility index (Phi) is 4.68. The lowest BCUT2D eigenvalue weighted by Crippen LogP contribution is -2.19. The van der Waals surface area contributed by atoms with Crippen LogP contribution in [0, 0.1) is 0 Å². The van der Waals surface area contributed by atoms with E-state index in [2.05, 4.69) is 4.90 Å². The first-order valence-electron chi connectivity index (χ1n) is 6.47. The van der Waals surface area contributed by atoms with E-state index in [-0.39, 0.29) is 13.2 Å². The molecule has 0 aromatic heterocycles.